The van der Waals surface area contributed by atoms with Gasteiger partial charge < -0.3 is 15.4 Å². The summed E-state index contributed by atoms with van der Waals surface area (Å²) in [6.45, 7) is 9.70. The van der Waals surface area contributed by atoms with Gasteiger partial charge in [0, 0.05) is 24.3 Å². The van der Waals surface area contributed by atoms with Crippen LogP contribution in [-0.4, -0.2) is 32.2 Å². The van der Waals surface area contributed by atoms with Crippen molar-refractivity contribution in [2.24, 2.45) is 5.73 Å². The van der Waals surface area contributed by atoms with Crippen molar-refractivity contribution in [3.63, 3.8) is 0 Å². The molecular weight excluding hydrogens is 308 g/mol. The molecule has 0 aliphatic carbocycles. The van der Waals surface area contributed by atoms with Crippen LogP contribution in [0.15, 0.2) is 17.5 Å². The number of aryl methyl sites for hydroxylation is 2. The van der Waals surface area contributed by atoms with Gasteiger partial charge >= 0.3 is 0 Å². The number of morpholine rings is 1. The van der Waals surface area contributed by atoms with E-state index in [2.05, 4.69) is 31.7 Å². The van der Waals surface area contributed by atoms with Crippen molar-refractivity contribution >= 4 is 22.9 Å². The van der Waals surface area contributed by atoms with Crippen LogP contribution in [0.2, 0.25) is 0 Å². The monoisotopic (exact) mass is 330 g/mol. The first-order valence-corrected chi connectivity index (χ1v) is 8.70. The molecule has 122 valence electrons. The molecule has 1 saturated heterocycles. The number of hydrogen-bond donors (Lipinski definition) is 1. The smallest absolute Gasteiger partial charge is 0.259 e. The summed E-state index contributed by atoms with van der Waals surface area (Å²) in [5, 5.41) is 1.93. The van der Waals surface area contributed by atoms with Gasteiger partial charge in [-0.05, 0) is 54.5 Å². The van der Waals surface area contributed by atoms with Crippen LogP contribution in [0.1, 0.15) is 26.4 Å². The molecule has 1 fully saturated rings. The van der Waals surface area contributed by atoms with Gasteiger partial charge in [0.2, 0.25) is 0 Å². The molecule has 2 N–H and O–H groups in total. The molecule has 1 aromatic heterocycles. The van der Waals surface area contributed by atoms with Crippen LogP contribution in [0, 0.1) is 20.8 Å². The highest BCUT2D eigenvalue weighted by Gasteiger charge is 2.22. The van der Waals surface area contributed by atoms with E-state index in [0.29, 0.717) is 4.88 Å². The van der Waals surface area contributed by atoms with E-state index in [1.54, 1.807) is 0 Å². The summed E-state index contributed by atoms with van der Waals surface area (Å²) in [6, 6.07) is 4.20. The zero-order valence-corrected chi connectivity index (χ0v) is 14.6. The highest BCUT2D eigenvalue weighted by molar-refractivity contribution is 7.12. The largest absolute Gasteiger partial charge is 0.378 e. The molecule has 1 aliphatic heterocycles. The Hall–Kier alpha value is -1.85. The number of rotatable bonds is 3. The average Bonchev–Trinajstić information content (AvgIpc) is 2.97. The Labute approximate surface area is 140 Å². The van der Waals surface area contributed by atoms with Gasteiger partial charge in [-0.2, -0.15) is 0 Å². The Kier molecular flexibility index (Phi) is 4.41. The fourth-order valence-corrected chi connectivity index (χ4v) is 4.31. The normalized spacial score (nSPS) is 15.0. The molecule has 3 rings (SSSR count). The van der Waals surface area contributed by atoms with Gasteiger partial charge in [0.15, 0.2) is 0 Å². The molecular formula is C18H22N2O2S. The Bertz CT molecular complexity index is 746. The third kappa shape index (κ3) is 2.86. The Morgan fingerprint density at radius 3 is 2.57 bits per heavy atom. The lowest BCUT2D eigenvalue weighted by Gasteiger charge is -2.33. The van der Waals surface area contributed by atoms with Crippen molar-refractivity contribution in [1.29, 1.82) is 0 Å². The highest BCUT2D eigenvalue weighted by atomic mass is 32.1. The summed E-state index contributed by atoms with van der Waals surface area (Å²) in [6.07, 6.45) is 0. The summed E-state index contributed by atoms with van der Waals surface area (Å²) in [7, 11) is 0. The Balaban J connectivity index is 2.17. The molecule has 2 aromatic rings. The minimum Gasteiger partial charge on any atom is -0.378 e. The molecule has 23 heavy (non-hydrogen) atoms. The third-order valence-corrected chi connectivity index (χ3v) is 5.35. The number of anilines is 1. The fourth-order valence-electron chi connectivity index (χ4n) is 3.56. The quantitative estimate of drug-likeness (QED) is 0.939. The molecule has 4 nitrogen and oxygen atoms in total. The number of benzene rings is 1. The van der Waals surface area contributed by atoms with E-state index in [1.165, 1.54) is 33.7 Å². The van der Waals surface area contributed by atoms with Crippen LogP contribution < -0.4 is 10.6 Å². The minimum atomic E-state index is -0.359. The average molecular weight is 330 g/mol. The van der Waals surface area contributed by atoms with E-state index in [-0.39, 0.29) is 5.91 Å². The molecule has 1 amide bonds. The SMILES string of the molecule is Cc1cc(C)c(N2CCOCC2)c(C)c1-c1ccsc1C(N)=O. The summed E-state index contributed by atoms with van der Waals surface area (Å²) in [4.78, 5) is 14.8. The van der Waals surface area contributed by atoms with E-state index >= 15 is 0 Å². The summed E-state index contributed by atoms with van der Waals surface area (Å²) < 4.78 is 5.48. The van der Waals surface area contributed by atoms with Crippen molar-refractivity contribution in [2.75, 3.05) is 31.2 Å². The Morgan fingerprint density at radius 1 is 1.22 bits per heavy atom. The molecule has 0 spiro atoms. The number of thiophene rings is 1. The van der Waals surface area contributed by atoms with Gasteiger partial charge in [0.05, 0.1) is 18.1 Å². The van der Waals surface area contributed by atoms with E-state index in [4.69, 9.17) is 10.5 Å². The first-order valence-electron chi connectivity index (χ1n) is 7.82. The standard InChI is InChI=1S/C18H22N2O2S/c1-11-10-12(2)16(20-5-7-22-8-6-20)13(3)15(11)14-4-9-23-17(14)18(19)21/h4,9-10H,5-8H2,1-3H3,(H2,19,21). The molecule has 0 bridgehead atoms. The molecule has 0 unspecified atom stereocenters. The molecule has 0 radical (unpaired) electrons. The van der Waals surface area contributed by atoms with Gasteiger partial charge in [-0.25, -0.2) is 0 Å². The lowest BCUT2D eigenvalue weighted by atomic mass is 9.91. The number of hydrogen-bond acceptors (Lipinski definition) is 4. The van der Waals surface area contributed by atoms with Crippen LogP contribution in [0.25, 0.3) is 11.1 Å². The maximum Gasteiger partial charge on any atom is 0.259 e. The minimum absolute atomic E-state index is 0.359. The van der Waals surface area contributed by atoms with E-state index in [1.807, 2.05) is 11.4 Å². The zero-order chi connectivity index (χ0) is 16.6. The predicted octanol–water partition coefficient (Wildman–Crippen LogP) is 3.28. The number of carbonyl (C=O) groups is 1. The number of nitrogens with two attached hydrogens (primary N) is 1. The van der Waals surface area contributed by atoms with Crippen molar-refractivity contribution in [3.8, 4) is 11.1 Å². The van der Waals surface area contributed by atoms with Crippen LogP contribution in [0.5, 0.6) is 0 Å². The summed E-state index contributed by atoms with van der Waals surface area (Å²) >= 11 is 1.41. The molecule has 1 aromatic carbocycles. The molecule has 0 atom stereocenters. The highest BCUT2D eigenvalue weighted by Crippen LogP contribution is 2.39. The third-order valence-electron chi connectivity index (χ3n) is 4.42. The maximum absolute atomic E-state index is 11.7. The second kappa shape index (κ2) is 6.34. The van der Waals surface area contributed by atoms with Gasteiger partial charge in [-0.15, -0.1) is 11.3 Å². The van der Waals surface area contributed by atoms with Gasteiger partial charge in [-0.1, -0.05) is 6.07 Å². The topological polar surface area (TPSA) is 55.6 Å². The molecule has 0 saturated carbocycles. The van der Waals surface area contributed by atoms with Crippen LogP contribution >= 0.6 is 11.3 Å². The molecule has 2 heterocycles. The number of amides is 1. The summed E-state index contributed by atoms with van der Waals surface area (Å²) in [5.74, 6) is -0.359. The number of ether oxygens (including phenoxy) is 1. The van der Waals surface area contributed by atoms with Crippen molar-refractivity contribution in [1.82, 2.24) is 0 Å². The van der Waals surface area contributed by atoms with E-state index in [9.17, 15) is 4.79 Å². The Morgan fingerprint density at radius 2 is 1.91 bits per heavy atom. The number of carbonyl (C=O) groups excluding carboxylic acids is 1. The predicted molar refractivity (Wildman–Crippen MR) is 95.5 cm³/mol. The first kappa shape index (κ1) is 16.0. The van der Waals surface area contributed by atoms with E-state index < -0.39 is 0 Å². The summed E-state index contributed by atoms with van der Waals surface area (Å²) in [5.41, 5.74) is 12.6. The first-order chi connectivity index (χ1) is 11.0. The number of nitrogens with zero attached hydrogens (tertiary/aromatic N) is 1. The van der Waals surface area contributed by atoms with Crippen molar-refractivity contribution in [2.45, 2.75) is 20.8 Å². The zero-order valence-electron chi connectivity index (χ0n) is 13.8. The maximum atomic E-state index is 11.7. The number of primary amides is 1. The second-order valence-electron chi connectivity index (χ2n) is 5.99. The van der Waals surface area contributed by atoms with Crippen LogP contribution in [-0.2, 0) is 4.74 Å². The van der Waals surface area contributed by atoms with Crippen molar-refractivity contribution in [3.05, 3.63) is 39.1 Å². The van der Waals surface area contributed by atoms with Gasteiger partial charge in [0.25, 0.3) is 5.91 Å². The lowest BCUT2D eigenvalue weighted by Crippen LogP contribution is -2.37. The second-order valence-corrected chi connectivity index (χ2v) is 6.90. The lowest BCUT2D eigenvalue weighted by molar-refractivity contribution is 0.100. The van der Waals surface area contributed by atoms with Crippen LogP contribution in [0.4, 0.5) is 5.69 Å². The fraction of sp³-hybridized carbons (Fsp3) is 0.389. The van der Waals surface area contributed by atoms with Gasteiger partial charge in [-0.3, -0.25) is 4.79 Å². The molecule has 5 heteroatoms. The van der Waals surface area contributed by atoms with Crippen molar-refractivity contribution < 1.29 is 9.53 Å². The van der Waals surface area contributed by atoms with Gasteiger partial charge in [0.1, 0.15) is 0 Å². The van der Waals surface area contributed by atoms with Crippen LogP contribution in [0.3, 0.4) is 0 Å². The molecule has 1 aliphatic rings. The van der Waals surface area contributed by atoms with E-state index in [0.717, 1.165) is 37.4 Å².